The minimum atomic E-state index is 0.910. The van der Waals surface area contributed by atoms with Crippen LogP contribution in [0, 0.1) is 13.8 Å². The average molecular weight is 176 g/mol. The first-order valence-corrected chi connectivity index (χ1v) is 4.80. The molecule has 2 nitrogen and oxygen atoms in total. The molecule has 1 aliphatic heterocycles. The summed E-state index contributed by atoms with van der Waals surface area (Å²) < 4.78 is 0. The van der Waals surface area contributed by atoms with E-state index in [1.165, 1.54) is 36.3 Å². The fraction of sp³-hybridized carbons (Fsp3) is 0.455. The van der Waals surface area contributed by atoms with E-state index < -0.39 is 0 Å². The summed E-state index contributed by atoms with van der Waals surface area (Å²) in [6.07, 6.45) is 1.31. The molecule has 0 unspecified atom stereocenters. The quantitative estimate of drug-likeness (QED) is 0.664. The first kappa shape index (κ1) is 8.42. The van der Waals surface area contributed by atoms with Crippen LogP contribution < -0.4 is 10.6 Å². The van der Waals surface area contributed by atoms with Crippen LogP contribution in [0.5, 0.6) is 0 Å². The third kappa shape index (κ3) is 1.37. The summed E-state index contributed by atoms with van der Waals surface area (Å²) in [5.74, 6) is 0. The second-order valence-corrected chi connectivity index (χ2v) is 3.84. The molecule has 1 heterocycles. The average Bonchev–Trinajstić information content (AvgIpc) is 1.96. The van der Waals surface area contributed by atoms with E-state index in [2.05, 4.69) is 30.9 Å². The Bertz CT molecular complexity index is 327. The fourth-order valence-corrected chi connectivity index (χ4v) is 1.75. The Morgan fingerprint density at radius 1 is 1.15 bits per heavy atom. The van der Waals surface area contributed by atoms with Gasteiger partial charge in [0.25, 0.3) is 0 Å². The van der Waals surface area contributed by atoms with Gasteiger partial charge in [-0.1, -0.05) is 6.07 Å². The Kier molecular flexibility index (Phi) is 1.91. The molecule has 0 aromatic heterocycles. The number of benzene rings is 1. The van der Waals surface area contributed by atoms with Gasteiger partial charge in [0.1, 0.15) is 0 Å². The molecule has 0 spiro atoms. The minimum absolute atomic E-state index is 0.910. The SMILES string of the molecule is Cc1cc(C)c(N2CCC2)cc1N. The topological polar surface area (TPSA) is 29.3 Å². The van der Waals surface area contributed by atoms with Gasteiger partial charge in [-0.15, -0.1) is 0 Å². The molecule has 1 fully saturated rings. The number of hydrogen-bond donors (Lipinski definition) is 1. The lowest BCUT2D eigenvalue weighted by molar-refractivity contribution is 0.616. The molecule has 0 aliphatic carbocycles. The number of nitrogens with zero attached hydrogens (tertiary/aromatic N) is 1. The molecule has 2 rings (SSSR count). The summed E-state index contributed by atoms with van der Waals surface area (Å²) >= 11 is 0. The lowest BCUT2D eigenvalue weighted by atomic mass is 10.1. The van der Waals surface area contributed by atoms with E-state index in [-0.39, 0.29) is 0 Å². The molecule has 70 valence electrons. The van der Waals surface area contributed by atoms with Crippen LogP contribution in [0.4, 0.5) is 11.4 Å². The van der Waals surface area contributed by atoms with Crippen LogP contribution in [0.25, 0.3) is 0 Å². The summed E-state index contributed by atoms with van der Waals surface area (Å²) in [7, 11) is 0. The second kappa shape index (κ2) is 2.95. The van der Waals surface area contributed by atoms with Gasteiger partial charge in [-0.25, -0.2) is 0 Å². The van der Waals surface area contributed by atoms with Crippen molar-refractivity contribution in [2.45, 2.75) is 20.3 Å². The Labute approximate surface area is 79.4 Å². The van der Waals surface area contributed by atoms with E-state index in [0.29, 0.717) is 0 Å². The van der Waals surface area contributed by atoms with E-state index in [9.17, 15) is 0 Å². The third-order valence-electron chi connectivity index (χ3n) is 2.78. The van der Waals surface area contributed by atoms with E-state index >= 15 is 0 Å². The first-order chi connectivity index (χ1) is 6.18. The zero-order valence-electron chi connectivity index (χ0n) is 8.30. The van der Waals surface area contributed by atoms with Crippen LogP contribution in [0.3, 0.4) is 0 Å². The fourth-order valence-electron chi connectivity index (χ4n) is 1.75. The van der Waals surface area contributed by atoms with Crippen molar-refractivity contribution in [3.05, 3.63) is 23.3 Å². The highest BCUT2D eigenvalue weighted by molar-refractivity contribution is 5.64. The van der Waals surface area contributed by atoms with Crippen molar-refractivity contribution in [3.63, 3.8) is 0 Å². The zero-order chi connectivity index (χ0) is 9.42. The van der Waals surface area contributed by atoms with Gasteiger partial charge in [-0.2, -0.15) is 0 Å². The Balaban J connectivity index is 2.39. The zero-order valence-corrected chi connectivity index (χ0v) is 8.30. The number of aryl methyl sites for hydroxylation is 2. The van der Waals surface area contributed by atoms with Crippen molar-refractivity contribution < 1.29 is 0 Å². The molecule has 0 amide bonds. The molecule has 0 saturated carbocycles. The van der Waals surface area contributed by atoms with Gasteiger partial charge in [0.05, 0.1) is 0 Å². The van der Waals surface area contributed by atoms with Gasteiger partial charge >= 0.3 is 0 Å². The number of anilines is 2. The van der Waals surface area contributed by atoms with E-state index in [1.54, 1.807) is 0 Å². The Hall–Kier alpha value is -1.18. The maximum atomic E-state index is 5.88. The molecule has 13 heavy (non-hydrogen) atoms. The Morgan fingerprint density at radius 2 is 1.85 bits per heavy atom. The highest BCUT2D eigenvalue weighted by Gasteiger charge is 2.16. The van der Waals surface area contributed by atoms with Gasteiger partial charge in [-0.05, 0) is 37.5 Å². The summed E-state index contributed by atoms with van der Waals surface area (Å²) in [4.78, 5) is 2.38. The number of hydrogen-bond acceptors (Lipinski definition) is 2. The van der Waals surface area contributed by atoms with Crippen LogP contribution in [0.1, 0.15) is 17.5 Å². The molecule has 0 bridgehead atoms. The van der Waals surface area contributed by atoms with E-state index in [4.69, 9.17) is 5.73 Å². The molecule has 2 heteroatoms. The van der Waals surface area contributed by atoms with Gasteiger partial charge in [0, 0.05) is 24.5 Å². The van der Waals surface area contributed by atoms with Gasteiger partial charge in [0.2, 0.25) is 0 Å². The van der Waals surface area contributed by atoms with Crippen LogP contribution in [-0.2, 0) is 0 Å². The van der Waals surface area contributed by atoms with Gasteiger partial charge in [-0.3, -0.25) is 0 Å². The summed E-state index contributed by atoms with van der Waals surface area (Å²) in [5.41, 5.74) is 10.6. The maximum absolute atomic E-state index is 5.88. The van der Waals surface area contributed by atoms with Crippen LogP contribution in [0.15, 0.2) is 12.1 Å². The highest BCUT2D eigenvalue weighted by Crippen LogP contribution is 2.28. The normalized spacial score (nSPS) is 15.7. The van der Waals surface area contributed by atoms with Crippen LogP contribution in [-0.4, -0.2) is 13.1 Å². The van der Waals surface area contributed by atoms with E-state index in [1.807, 2.05) is 0 Å². The molecule has 0 radical (unpaired) electrons. The molecule has 2 N–H and O–H groups in total. The smallest absolute Gasteiger partial charge is 0.0416 e. The second-order valence-electron chi connectivity index (χ2n) is 3.84. The monoisotopic (exact) mass is 176 g/mol. The molecular weight excluding hydrogens is 160 g/mol. The molecule has 1 saturated heterocycles. The van der Waals surface area contributed by atoms with E-state index in [0.717, 1.165) is 5.69 Å². The number of nitrogens with two attached hydrogens (primary N) is 1. The predicted octanol–water partition coefficient (Wildman–Crippen LogP) is 2.10. The highest BCUT2D eigenvalue weighted by atomic mass is 15.2. The third-order valence-corrected chi connectivity index (χ3v) is 2.78. The predicted molar refractivity (Wildman–Crippen MR) is 57.2 cm³/mol. The van der Waals surface area contributed by atoms with Crippen molar-refractivity contribution in [2.75, 3.05) is 23.7 Å². The molecule has 1 aromatic rings. The van der Waals surface area contributed by atoms with Crippen molar-refractivity contribution >= 4 is 11.4 Å². The first-order valence-electron chi connectivity index (χ1n) is 4.80. The molecule has 1 aliphatic rings. The van der Waals surface area contributed by atoms with Crippen molar-refractivity contribution in [1.29, 1.82) is 0 Å². The summed E-state index contributed by atoms with van der Waals surface area (Å²) in [5, 5.41) is 0. The van der Waals surface area contributed by atoms with Crippen LogP contribution >= 0.6 is 0 Å². The lowest BCUT2D eigenvalue weighted by Gasteiger charge is -2.34. The molecule has 0 atom stereocenters. The molecular formula is C11H16N2. The standard InChI is InChI=1S/C11H16N2/c1-8-6-9(2)11(7-10(8)12)13-4-3-5-13/h6-7H,3-5,12H2,1-2H3. The van der Waals surface area contributed by atoms with Crippen molar-refractivity contribution in [3.8, 4) is 0 Å². The summed E-state index contributed by atoms with van der Waals surface area (Å²) in [6, 6.07) is 4.27. The summed E-state index contributed by atoms with van der Waals surface area (Å²) in [6.45, 7) is 6.58. The largest absolute Gasteiger partial charge is 0.398 e. The minimum Gasteiger partial charge on any atom is -0.398 e. The lowest BCUT2D eigenvalue weighted by Crippen LogP contribution is -2.37. The van der Waals surface area contributed by atoms with Crippen LogP contribution in [0.2, 0.25) is 0 Å². The molecule has 1 aromatic carbocycles. The number of nitrogen functional groups attached to an aromatic ring is 1. The Morgan fingerprint density at radius 3 is 2.38 bits per heavy atom. The van der Waals surface area contributed by atoms with Gasteiger partial charge < -0.3 is 10.6 Å². The van der Waals surface area contributed by atoms with Crippen molar-refractivity contribution in [1.82, 2.24) is 0 Å². The maximum Gasteiger partial charge on any atom is 0.0416 e. The van der Waals surface area contributed by atoms with Crippen molar-refractivity contribution in [2.24, 2.45) is 0 Å². The van der Waals surface area contributed by atoms with Gasteiger partial charge in [0.15, 0.2) is 0 Å². The number of rotatable bonds is 1.